The van der Waals surface area contributed by atoms with Crippen molar-refractivity contribution >= 4 is 28.3 Å². The lowest BCUT2D eigenvalue weighted by Crippen LogP contribution is -2.24. The van der Waals surface area contributed by atoms with Gasteiger partial charge in [-0.2, -0.15) is 5.10 Å². The molecule has 0 unspecified atom stereocenters. The molecule has 3 aromatic heterocycles. The van der Waals surface area contributed by atoms with E-state index in [1.165, 1.54) is 9.75 Å². The minimum absolute atomic E-state index is 0.147. The van der Waals surface area contributed by atoms with Crippen LogP contribution in [0, 0.1) is 13.8 Å². The quantitative estimate of drug-likeness (QED) is 0.699. The zero-order chi connectivity index (χ0) is 18.1. The molecule has 0 saturated heterocycles. The second-order valence-electron chi connectivity index (χ2n) is 6.17. The van der Waals surface area contributed by atoms with Crippen LogP contribution in [-0.4, -0.2) is 27.3 Å². The zero-order valence-electron chi connectivity index (χ0n) is 15.1. The predicted molar refractivity (Wildman–Crippen MR) is 99.8 cm³/mol. The van der Waals surface area contributed by atoms with Gasteiger partial charge < -0.3 is 0 Å². The van der Waals surface area contributed by atoms with Crippen LogP contribution >= 0.6 is 11.3 Å². The van der Waals surface area contributed by atoms with Crippen LogP contribution in [0.2, 0.25) is 0 Å². The molecule has 1 amide bonds. The fourth-order valence-electron chi connectivity index (χ4n) is 2.80. The Bertz CT molecular complexity index is 927. The van der Waals surface area contributed by atoms with Crippen LogP contribution in [0.25, 0.3) is 22.3 Å². The fourth-order valence-corrected chi connectivity index (χ4v) is 3.73. The Morgan fingerprint density at radius 2 is 2.12 bits per heavy atom. The lowest BCUT2D eigenvalue weighted by atomic mass is 10.1. The smallest absolute Gasteiger partial charge is 0.274 e. The number of fused-ring (bicyclic) bond motifs is 1. The van der Waals surface area contributed by atoms with E-state index >= 15 is 0 Å². The minimum Gasteiger partial charge on any atom is -0.274 e. The van der Waals surface area contributed by atoms with E-state index in [0.717, 1.165) is 16.6 Å². The molecule has 0 atom stereocenters. The van der Waals surface area contributed by atoms with Crippen LogP contribution in [0.4, 0.5) is 0 Å². The molecular weight excluding hydrogens is 336 g/mol. The maximum absolute atomic E-state index is 12.6. The van der Waals surface area contributed by atoms with Crippen molar-refractivity contribution in [3.8, 4) is 11.3 Å². The standard InChI is InChI=1S/C18H22N4O2S/c1-6-24-21-18(23)14-8-16(13-7-11(4)25-12(13)5)20-17-15(14)9-19-22(17)10(2)3/h7-10H,6H2,1-5H3,(H,21,23). The van der Waals surface area contributed by atoms with Gasteiger partial charge in [-0.25, -0.2) is 15.1 Å². The van der Waals surface area contributed by atoms with Gasteiger partial charge in [0.25, 0.3) is 5.91 Å². The van der Waals surface area contributed by atoms with Crippen molar-refractivity contribution in [2.24, 2.45) is 0 Å². The summed E-state index contributed by atoms with van der Waals surface area (Å²) in [5.41, 5.74) is 5.52. The predicted octanol–water partition coefficient (Wildman–Crippen LogP) is 4.04. The summed E-state index contributed by atoms with van der Waals surface area (Å²) in [7, 11) is 0. The molecule has 0 fully saturated rings. The zero-order valence-corrected chi connectivity index (χ0v) is 15.9. The van der Waals surface area contributed by atoms with Crippen molar-refractivity contribution in [3.63, 3.8) is 0 Å². The Kier molecular flexibility index (Phi) is 4.87. The van der Waals surface area contributed by atoms with Gasteiger partial charge in [0, 0.05) is 21.4 Å². The molecule has 3 aromatic rings. The number of hydrogen-bond donors (Lipinski definition) is 1. The van der Waals surface area contributed by atoms with Crippen molar-refractivity contribution in [1.82, 2.24) is 20.2 Å². The number of thiophene rings is 1. The molecule has 0 aliphatic heterocycles. The molecule has 0 bridgehead atoms. The molecule has 3 heterocycles. The highest BCUT2D eigenvalue weighted by Crippen LogP contribution is 2.32. The molecule has 6 nitrogen and oxygen atoms in total. The average molecular weight is 358 g/mol. The summed E-state index contributed by atoms with van der Waals surface area (Å²) in [6.45, 7) is 10.4. The molecule has 7 heteroatoms. The number of carbonyl (C=O) groups is 1. The molecule has 132 valence electrons. The number of aromatic nitrogens is 3. The van der Waals surface area contributed by atoms with Gasteiger partial charge in [0.1, 0.15) is 0 Å². The van der Waals surface area contributed by atoms with Crippen LogP contribution < -0.4 is 5.48 Å². The molecular formula is C18H22N4O2S. The number of hydroxylamine groups is 1. The third kappa shape index (κ3) is 3.29. The summed E-state index contributed by atoms with van der Waals surface area (Å²) < 4.78 is 1.84. The Morgan fingerprint density at radius 1 is 1.36 bits per heavy atom. The number of nitrogens with one attached hydrogen (secondary N) is 1. The highest BCUT2D eigenvalue weighted by Gasteiger charge is 2.19. The Balaban J connectivity index is 2.22. The average Bonchev–Trinajstić information content (AvgIpc) is 3.14. The largest absolute Gasteiger partial charge is 0.275 e. The third-order valence-corrected chi connectivity index (χ3v) is 4.89. The number of aryl methyl sites for hydroxylation is 2. The monoisotopic (exact) mass is 358 g/mol. The van der Waals surface area contributed by atoms with Crippen molar-refractivity contribution in [2.75, 3.05) is 6.61 Å². The van der Waals surface area contributed by atoms with E-state index < -0.39 is 0 Å². The van der Waals surface area contributed by atoms with Gasteiger partial charge in [0.2, 0.25) is 0 Å². The Labute approximate surface area is 150 Å². The normalized spacial score (nSPS) is 11.4. The van der Waals surface area contributed by atoms with Crippen LogP contribution in [-0.2, 0) is 4.84 Å². The van der Waals surface area contributed by atoms with Crippen LogP contribution in [0.3, 0.4) is 0 Å². The first-order valence-corrected chi connectivity index (χ1v) is 9.11. The lowest BCUT2D eigenvalue weighted by Gasteiger charge is -2.10. The number of hydrogen-bond acceptors (Lipinski definition) is 5. The van der Waals surface area contributed by atoms with Gasteiger partial charge >= 0.3 is 0 Å². The lowest BCUT2D eigenvalue weighted by molar-refractivity contribution is 0.0366. The van der Waals surface area contributed by atoms with Crippen molar-refractivity contribution in [3.05, 3.63) is 33.6 Å². The number of nitrogens with zero attached hydrogens (tertiary/aromatic N) is 3. The van der Waals surface area contributed by atoms with Crippen molar-refractivity contribution in [2.45, 2.75) is 40.7 Å². The Hall–Kier alpha value is -2.25. The van der Waals surface area contributed by atoms with Gasteiger partial charge in [-0.1, -0.05) is 0 Å². The number of pyridine rings is 1. The molecule has 0 aliphatic carbocycles. The SMILES string of the molecule is CCONC(=O)c1cc(-c2cc(C)sc2C)nc2c1cnn2C(C)C. The van der Waals surface area contributed by atoms with E-state index in [-0.39, 0.29) is 11.9 Å². The van der Waals surface area contributed by atoms with Gasteiger partial charge in [-0.05, 0) is 46.8 Å². The van der Waals surface area contributed by atoms with Crippen LogP contribution in [0.1, 0.15) is 46.9 Å². The van der Waals surface area contributed by atoms with E-state index in [4.69, 9.17) is 9.82 Å². The summed E-state index contributed by atoms with van der Waals surface area (Å²) in [4.78, 5) is 24.9. The second-order valence-corrected chi connectivity index (χ2v) is 7.63. The maximum Gasteiger partial charge on any atom is 0.275 e. The first-order chi connectivity index (χ1) is 11.9. The van der Waals surface area contributed by atoms with Gasteiger partial charge in [0.15, 0.2) is 5.65 Å². The topological polar surface area (TPSA) is 69.0 Å². The summed E-state index contributed by atoms with van der Waals surface area (Å²) in [6.07, 6.45) is 1.69. The third-order valence-electron chi connectivity index (χ3n) is 3.93. The molecule has 1 N–H and O–H groups in total. The molecule has 0 saturated carbocycles. The fraction of sp³-hybridized carbons (Fsp3) is 0.389. The molecule has 25 heavy (non-hydrogen) atoms. The minimum atomic E-state index is -0.289. The van der Waals surface area contributed by atoms with E-state index in [9.17, 15) is 4.79 Å². The van der Waals surface area contributed by atoms with Gasteiger partial charge in [-0.3, -0.25) is 9.63 Å². The van der Waals surface area contributed by atoms with Crippen molar-refractivity contribution < 1.29 is 9.63 Å². The highest BCUT2D eigenvalue weighted by atomic mass is 32.1. The first kappa shape index (κ1) is 17.6. The summed E-state index contributed by atoms with van der Waals surface area (Å²) in [5, 5.41) is 5.14. The molecule has 0 aromatic carbocycles. The number of carbonyl (C=O) groups excluding carboxylic acids is 1. The van der Waals surface area contributed by atoms with Gasteiger partial charge in [-0.15, -0.1) is 11.3 Å². The van der Waals surface area contributed by atoms with E-state index in [0.29, 0.717) is 17.8 Å². The number of rotatable bonds is 5. The summed E-state index contributed by atoms with van der Waals surface area (Å²) in [6, 6.07) is 4.07. The first-order valence-electron chi connectivity index (χ1n) is 8.30. The highest BCUT2D eigenvalue weighted by molar-refractivity contribution is 7.12. The summed E-state index contributed by atoms with van der Waals surface area (Å²) in [5.74, 6) is -0.289. The van der Waals surface area contributed by atoms with Crippen LogP contribution in [0.5, 0.6) is 0 Å². The van der Waals surface area contributed by atoms with Crippen molar-refractivity contribution in [1.29, 1.82) is 0 Å². The van der Waals surface area contributed by atoms with E-state index in [2.05, 4.69) is 30.5 Å². The van der Waals surface area contributed by atoms with Gasteiger partial charge in [0.05, 0.1) is 29.4 Å². The van der Waals surface area contributed by atoms with E-state index in [1.54, 1.807) is 17.5 Å². The Morgan fingerprint density at radius 3 is 2.72 bits per heavy atom. The number of amides is 1. The molecule has 0 radical (unpaired) electrons. The maximum atomic E-state index is 12.6. The molecule has 3 rings (SSSR count). The van der Waals surface area contributed by atoms with Crippen LogP contribution in [0.15, 0.2) is 18.3 Å². The molecule has 0 spiro atoms. The second kappa shape index (κ2) is 6.93. The van der Waals surface area contributed by atoms with E-state index in [1.807, 2.05) is 31.5 Å². The summed E-state index contributed by atoms with van der Waals surface area (Å²) >= 11 is 1.72. The molecule has 0 aliphatic rings.